The highest BCUT2D eigenvalue weighted by Crippen LogP contribution is 2.30. The van der Waals surface area contributed by atoms with E-state index in [-0.39, 0.29) is 5.75 Å². The quantitative estimate of drug-likeness (QED) is 0.885. The summed E-state index contributed by atoms with van der Waals surface area (Å²) < 4.78 is 36.0. The van der Waals surface area contributed by atoms with Crippen molar-refractivity contribution in [3.05, 3.63) is 36.2 Å². The zero-order valence-corrected chi connectivity index (χ0v) is 11.1. The molecule has 7 heteroatoms. The van der Waals surface area contributed by atoms with E-state index in [0.29, 0.717) is 18.0 Å². The van der Waals surface area contributed by atoms with E-state index in [4.69, 9.17) is 4.74 Å². The summed E-state index contributed by atoms with van der Waals surface area (Å²) in [5.74, 6) is 0.627. The van der Waals surface area contributed by atoms with E-state index in [1.807, 2.05) is 6.07 Å². The number of methoxy groups -OCH3 is 1. The van der Waals surface area contributed by atoms with Crippen LogP contribution in [0, 0.1) is 0 Å². The number of aryl methyl sites for hydroxylation is 1. The Labute approximate surface area is 115 Å². The van der Waals surface area contributed by atoms with Crippen LogP contribution in [0.2, 0.25) is 0 Å². The minimum absolute atomic E-state index is 0.0722. The van der Waals surface area contributed by atoms with Gasteiger partial charge in [0.1, 0.15) is 11.5 Å². The van der Waals surface area contributed by atoms with Crippen LogP contribution in [0.25, 0.3) is 0 Å². The third-order valence-electron chi connectivity index (χ3n) is 2.79. The molecule has 0 saturated heterocycles. The molecule has 20 heavy (non-hydrogen) atoms. The summed E-state index contributed by atoms with van der Waals surface area (Å²) in [6.45, 7) is -2.44. The van der Waals surface area contributed by atoms with E-state index in [2.05, 4.69) is 15.2 Å². The summed E-state index contributed by atoms with van der Waals surface area (Å²) in [5, 5.41) is 7.07. The Bertz CT molecular complexity index is 572. The number of aromatic nitrogens is 2. The molecule has 0 fully saturated rings. The van der Waals surface area contributed by atoms with Gasteiger partial charge in [0.05, 0.1) is 25.0 Å². The summed E-state index contributed by atoms with van der Waals surface area (Å²) in [6, 6.07) is 6.44. The van der Waals surface area contributed by atoms with E-state index < -0.39 is 6.61 Å². The maximum Gasteiger partial charge on any atom is 0.387 e. The number of hydrogen-bond acceptors (Lipinski definition) is 4. The molecule has 1 heterocycles. The number of nitrogens with one attached hydrogen (secondary N) is 1. The van der Waals surface area contributed by atoms with Gasteiger partial charge in [-0.3, -0.25) is 4.68 Å². The lowest BCUT2D eigenvalue weighted by Gasteiger charge is -2.14. The lowest BCUT2D eigenvalue weighted by Crippen LogP contribution is -2.09. The highest BCUT2D eigenvalue weighted by atomic mass is 19.3. The van der Waals surface area contributed by atoms with Crippen molar-refractivity contribution in [2.24, 2.45) is 7.05 Å². The summed E-state index contributed by atoms with van der Waals surface area (Å²) in [6.07, 6.45) is 1.67. The van der Waals surface area contributed by atoms with E-state index in [1.54, 1.807) is 30.1 Å². The van der Waals surface area contributed by atoms with Crippen molar-refractivity contribution >= 4 is 5.69 Å². The standard InChI is InChI=1S/C13H15F2N3O2/c1-18-9(5-6-17-18)8-16-11-7-10(19-2)3-4-12(11)20-13(14)15/h3-7,13,16H,8H2,1-2H3. The summed E-state index contributed by atoms with van der Waals surface area (Å²) in [4.78, 5) is 0. The number of nitrogens with zero attached hydrogens (tertiary/aromatic N) is 2. The first-order valence-electron chi connectivity index (χ1n) is 5.93. The maximum atomic E-state index is 12.4. The molecule has 5 nitrogen and oxygen atoms in total. The number of benzene rings is 1. The Morgan fingerprint density at radius 2 is 2.15 bits per heavy atom. The van der Waals surface area contributed by atoms with Crippen LogP contribution < -0.4 is 14.8 Å². The molecule has 0 saturated carbocycles. The molecular formula is C13H15F2N3O2. The highest BCUT2D eigenvalue weighted by molar-refractivity contribution is 5.59. The molecule has 0 amide bonds. The number of alkyl halides is 2. The summed E-state index contributed by atoms with van der Waals surface area (Å²) >= 11 is 0. The Morgan fingerprint density at radius 1 is 1.35 bits per heavy atom. The number of hydrogen-bond donors (Lipinski definition) is 1. The first kappa shape index (κ1) is 14.1. The summed E-state index contributed by atoms with van der Waals surface area (Å²) in [7, 11) is 3.31. The topological polar surface area (TPSA) is 48.3 Å². The first-order chi connectivity index (χ1) is 9.60. The van der Waals surface area contributed by atoms with Crippen LogP contribution in [0.3, 0.4) is 0 Å². The van der Waals surface area contributed by atoms with Crippen molar-refractivity contribution in [1.82, 2.24) is 9.78 Å². The zero-order valence-electron chi connectivity index (χ0n) is 11.1. The van der Waals surface area contributed by atoms with Crippen LogP contribution >= 0.6 is 0 Å². The molecule has 1 aromatic carbocycles. The fourth-order valence-electron chi connectivity index (χ4n) is 1.73. The first-order valence-corrected chi connectivity index (χ1v) is 5.93. The normalized spacial score (nSPS) is 10.7. The molecule has 0 aliphatic heterocycles. The molecule has 0 aliphatic carbocycles. The van der Waals surface area contributed by atoms with Crippen LogP contribution in [-0.4, -0.2) is 23.5 Å². The van der Waals surface area contributed by atoms with E-state index in [1.165, 1.54) is 13.2 Å². The van der Waals surface area contributed by atoms with Crippen molar-refractivity contribution in [3.63, 3.8) is 0 Å². The van der Waals surface area contributed by atoms with E-state index >= 15 is 0 Å². The molecule has 0 unspecified atom stereocenters. The van der Waals surface area contributed by atoms with Gasteiger partial charge in [-0.2, -0.15) is 13.9 Å². The Hall–Kier alpha value is -2.31. The van der Waals surface area contributed by atoms with Crippen LogP contribution in [0.4, 0.5) is 14.5 Å². The fourth-order valence-corrected chi connectivity index (χ4v) is 1.73. The van der Waals surface area contributed by atoms with Crippen molar-refractivity contribution in [1.29, 1.82) is 0 Å². The van der Waals surface area contributed by atoms with Gasteiger partial charge in [-0.1, -0.05) is 0 Å². The average Bonchev–Trinajstić information content (AvgIpc) is 2.82. The second-order valence-electron chi connectivity index (χ2n) is 4.04. The molecule has 108 valence electrons. The minimum atomic E-state index is -2.87. The van der Waals surface area contributed by atoms with Gasteiger partial charge >= 0.3 is 6.61 Å². The van der Waals surface area contributed by atoms with Gasteiger partial charge in [0.15, 0.2) is 0 Å². The monoisotopic (exact) mass is 283 g/mol. The Morgan fingerprint density at radius 3 is 2.75 bits per heavy atom. The molecule has 0 bridgehead atoms. The zero-order chi connectivity index (χ0) is 14.5. The Kier molecular flexibility index (Phi) is 4.39. The van der Waals surface area contributed by atoms with Crippen LogP contribution in [0.15, 0.2) is 30.5 Å². The molecule has 1 N–H and O–H groups in total. The lowest BCUT2D eigenvalue weighted by atomic mass is 10.2. The Balaban J connectivity index is 2.17. The smallest absolute Gasteiger partial charge is 0.387 e. The number of rotatable bonds is 6. The van der Waals surface area contributed by atoms with Crippen molar-refractivity contribution < 1.29 is 18.3 Å². The lowest BCUT2D eigenvalue weighted by molar-refractivity contribution is -0.0494. The SMILES string of the molecule is COc1ccc(OC(F)F)c(NCc2ccnn2C)c1. The van der Waals surface area contributed by atoms with Gasteiger partial charge in [-0.25, -0.2) is 0 Å². The van der Waals surface area contributed by atoms with Gasteiger partial charge in [0.25, 0.3) is 0 Å². The van der Waals surface area contributed by atoms with Crippen LogP contribution in [0.1, 0.15) is 5.69 Å². The van der Waals surface area contributed by atoms with Gasteiger partial charge in [-0.05, 0) is 18.2 Å². The summed E-state index contributed by atoms with van der Waals surface area (Å²) in [5.41, 5.74) is 1.35. The molecule has 0 radical (unpaired) electrons. The number of anilines is 1. The van der Waals surface area contributed by atoms with Gasteiger partial charge < -0.3 is 14.8 Å². The van der Waals surface area contributed by atoms with Gasteiger partial charge in [-0.15, -0.1) is 0 Å². The van der Waals surface area contributed by atoms with Crippen molar-refractivity contribution in [2.45, 2.75) is 13.2 Å². The van der Waals surface area contributed by atoms with E-state index in [0.717, 1.165) is 5.69 Å². The predicted molar refractivity (Wildman–Crippen MR) is 70.2 cm³/mol. The second kappa shape index (κ2) is 6.23. The molecule has 0 aliphatic rings. The second-order valence-corrected chi connectivity index (χ2v) is 4.04. The third-order valence-corrected chi connectivity index (χ3v) is 2.79. The van der Waals surface area contributed by atoms with Crippen LogP contribution in [0.5, 0.6) is 11.5 Å². The molecular weight excluding hydrogens is 268 g/mol. The van der Waals surface area contributed by atoms with E-state index in [9.17, 15) is 8.78 Å². The molecule has 0 spiro atoms. The largest absolute Gasteiger partial charge is 0.497 e. The van der Waals surface area contributed by atoms with Crippen LogP contribution in [-0.2, 0) is 13.6 Å². The molecule has 0 atom stereocenters. The molecule has 1 aromatic heterocycles. The fraction of sp³-hybridized carbons (Fsp3) is 0.308. The number of ether oxygens (including phenoxy) is 2. The maximum absolute atomic E-state index is 12.4. The van der Waals surface area contributed by atoms with Crippen molar-refractivity contribution in [3.8, 4) is 11.5 Å². The van der Waals surface area contributed by atoms with Gasteiger partial charge in [0, 0.05) is 19.3 Å². The predicted octanol–water partition coefficient (Wildman–Crippen LogP) is 2.64. The van der Waals surface area contributed by atoms with Gasteiger partial charge in [0.2, 0.25) is 0 Å². The average molecular weight is 283 g/mol. The molecule has 2 rings (SSSR count). The van der Waals surface area contributed by atoms with Crippen molar-refractivity contribution in [2.75, 3.05) is 12.4 Å². The number of halogens is 2. The minimum Gasteiger partial charge on any atom is -0.497 e. The third kappa shape index (κ3) is 3.37. The highest BCUT2D eigenvalue weighted by Gasteiger charge is 2.11. The molecule has 2 aromatic rings.